The largest absolute Gasteiger partial charge is 0.478 e. The van der Waals surface area contributed by atoms with Crippen LogP contribution in [0.25, 0.3) is 6.08 Å². The van der Waals surface area contributed by atoms with Crippen LogP contribution in [0.4, 0.5) is 0 Å². The molecule has 18 heavy (non-hydrogen) atoms. The van der Waals surface area contributed by atoms with E-state index in [2.05, 4.69) is 0 Å². The number of aliphatic carboxylic acids is 1. The normalized spacial score (nSPS) is 15.1. The SMILES string of the molecule is O=C(O)/C=C/c1cccc(COCCC2CC2)c1. The molecule has 1 fully saturated rings. The molecular formula is C15H18O3. The first-order chi connectivity index (χ1) is 8.74. The van der Waals surface area contributed by atoms with Crippen molar-refractivity contribution >= 4 is 12.0 Å². The van der Waals surface area contributed by atoms with Gasteiger partial charge in [-0.3, -0.25) is 0 Å². The van der Waals surface area contributed by atoms with E-state index in [1.807, 2.05) is 24.3 Å². The van der Waals surface area contributed by atoms with Crippen molar-refractivity contribution in [2.24, 2.45) is 5.92 Å². The molecule has 0 aromatic heterocycles. The minimum absolute atomic E-state index is 0.599. The molecule has 0 unspecified atom stereocenters. The summed E-state index contributed by atoms with van der Waals surface area (Å²) in [5.41, 5.74) is 1.97. The van der Waals surface area contributed by atoms with Crippen LogP contribution in [0.3, 0.4) is 0 Å². The molecule has 0 heterocycles. The summed E-state index contributed by atoms with van der Waals surface area (Å²) in [6, 6.07) is 7.75. The average Bonchev–Trinajstić information content (AvgIpc) is 3.17. The molecule has 0 bridgehead atoms. The first-order valence-corrected chi connectivity index (χ1v) is 6.32. The maximum Gasteiger partial charge on any atom is 0.328 e. The number of hydrogen-bond acceptors (Lipinski definition) is 2. The van der Waals surface area contributed by atoms with E-state index >= 15 is 0 Å². The van der Waals surface area contributed by atoms with Crippen LogP contribution in [0.15, 0.2) is 30.3 Å². The fraction of sp³-hybridized carbons (Fsp3) is 0.400. The zero-order valence-electron chi connectivity index (χ0n) is 10.3. The summed E-state index contributed by atoms with van der Waals surface area (Å²) in [5.74, 6) is -0.0316. The van der Waals surface area contributed by atoms with Crippen molar-refractivity contribution in [3.63, 3.8) is 0 Å². The van der Waals surface area contributed by atoms with Crippen LogP contribution in [0.2, 0.25) is 0 Å². The standard InChI is InChI=1S/C15H18O3/c16-15(17)7-6-13-2-1-3-14(10-13)11-18-9-8-12-4-5-12/h1-3,6-7,10,12H,4-5,8-9,11H2,(H,16,17)/b7-6+. The smallest absolute Gasteiger partial charge is 0.328 e. The van der Waals surface area contributed by atoms with Crippen LogP contribution in [0.1, 0.15) is 30.4 Å². The van der Waals surface area contributed by atoms with Gasteiger partial charge in [0.25, 0.3) is 0 Å². The molecule has 0 spiro atoms. The predicted octanol–water partition coefficient (Wildman–Crippen LogP) is 3.10. The Morgan fingerprint density at radius 2 is 2.28 bits per heavy atom. The van der Waals surface area contributed by atoms with E-state index in [1.165, 1.54) is 19.3 Å². The summed E-state index contributed by atoms with van der Waals surface area (Å²) in [6.45, 7) is 1.42. The number of carboxylic acids is 1. The first-order valence-electron chi connectivity index (χ1n) is 6.32. The van der Waals surface area contributed by atoms with E-state index in [1.54, 1.807) is 6.08 Å². The van der Waals surface area contributed by atoms with Crippen LogP contribution in [0, 0.1) is 5.92 Å². The van der Waals surface area contributed by atoms with Crippen LogP contribution < -0.4 is 0 Å². The molecule has 1 saturated carbocycles. The molecule has 1 N–H and O–H groups in total. The molecular weight excluding hydrogens is 228 g/mol. The molecule has 0 amide bonds. The summed E-state index contributed by atoms with van der Waals surface area (Å²) in [7, 11) is 0. The summed E-state index contributed by atoms with van der Waals surface area (Å²) < 4.78 is 5.61. The van der Waals surface area contributed by atoms with E-state index in [0.29, 0.717) is 6.61 Å². The Morgan fingerprint density at radius 3 is 3.00 bits per heavy atom. The van der Waals surface area contributed by atoms with E-state index in [0.717, 1.165) is 29.7 Å². The minimum atomic E-state index is -0.930. The second kappa shape index (κ2) is 6.36. The molecule has 0 aliphatic heterocycles. The molecule has 96 valence electrons. The van der Waals surface area contributed by atoms with Crippen LogP contribution in [-0.2, 0) is 16.1 Å². The monoisotopic (exact) mass is 246 g/mol. The Bertz CT molecular complexity index is 433. The fourth-order valence-electron chi connectivity index (χ4n) is 1.80. The molecule has 1 aliphatic carbocycles. The third kappa shape index (κ3) is 4.72. The van der Waals surface area contributed by atoms with Crippen LogP contribution >= 0.6 is 0 Å². The van der Waals surface area contributed by atoms with Gasteiger partial charge >= 0.3 is 5.97 Å². The lowest BCUT2D eigenvalue weighted by Gasteiger charge is -2.04. The second-order valence-electron chi connectivity index (χ2n) is 4.70. The lowest BCUT2D eigenvalue weighted by atomic mass is 10.1. The van der Waals surface area contributed by atoms with Crippen molar-refractivity contribution in [1.82, 2.24) is 0 Å². The second-order valence-corrected chi connectivity index (χ2v) is 4.70. The minimum Gasteiger partial charge on any atom is -0.478 e. The number of rotatable bonds is 7. The number of hydrogen-bond donors (Lipinski definition) is 1. The van der Waals surface area contributed by atoms with Gasteiger partial charge < -0.3 is 9.84 Å². The third-order valence-electron chi connectivity index (χ3n) is 3.01. The van der Waals surface area contributed by atoms with Crippen LogP contribution in [0.5, 0.6) is 0 Å². The molecule has 0 atom stereocenters. The summed E-state index contributed by atoms with van der Waals surface area (Å²) >= 11 is 0. The summed E-state index contributed by atoms with van der Waals surface area (Å²) in [4.78, 5) is 10.4. The molecule has 1 aromatic carbocycles. The summed E-state index contributed by atoms with van der Waals surface area (Å²) in [5, 5.41) is 8.56. The van der Waals surface area contributed by atoms with Gasteiger partial charge in [-0.2, -0.15) is 0 Å². The maximum absolute atomic E-state index is 10.4. The third-order valence-corrected chi connectivity index (χ3v) is 3.01. The fourth-order valence-corrected chi connectivity index (χ4v) is 1.80. The number of carboxylic acid groups (broad SMARTS) is 1. The van der Waals surface area contributed by atoms with E-state index < -0.39 is 5.97 Å². The highest BCUT2D eigenvalue weighted by molar-refractivity contribution is 5.85. The van der Waals surface area contributed by atoms with Gasteiger partial charge in [-0.1, -0.05) is 31.0 Å². The summed E-state index contributed by atoms with van der Waals surface area (Å²) in [6.07, 6.45) is 6.62. The average molecular weight is 246 g/mol. The molecule has 1 aliphatic rings. The molecule has 0 saturated heterocycles. The van der Waals surface area contributed by atoms with Crippen LogP contribution in [-0.4, -0.2) is 17.7 Å². The van der Waals surface area contributed by atoms with Gasteiger partial charge in [0.15, 0.2) is 0 Å². The van der Waals surface area contributed by atoms with Gasteiger partial charge in [-0.15, -0.1) is 0 Å². The number of carbonyl (C=O) groups is 1. The zero-order valence-corrected chi connectivity index (χ0v) is 10.3. The van der Waals surface area contributed by atoms with Gasteiger partial charge in [0.1, 0.15) is 0 Å². The number of ether oxygens (including phenoxy) is 1. The molecule has 3 heteroatoms. The molecule has 1 aromatic rings. The maximum atomic E-state index is 10.4. The highest BCUT2D eigenvalue weighted by atomic mass is 16.5. The molecule has 2 rings (SSSR count). The number of benzene rings is 1. The Morgan fingerprint density at radius 1 is 1.44 bits per heavy atom. The Hall–Kier alpha value is -1.61. The van der Waals surface area contributed by atoms with Crippen molar-refractivity contribution in [3.05, 3.63) is 41.5 Å². The van der Waals surface area contributed by atoms with E-state index in [4.69, 9.17) is 9.84 Å². The zero-order chi connectivity index (χ0) is 12.8. The van der Waals surface area contributed by atoms with Crippen molar-refractivity contribution < 1.29 is 14.6 Å². The van der Waals surface area contributed by atoms with E-state index in [9.17, 15) is 4.79 Å². The van der Waals surface area contributed by atoms with Crippen molar-refractivity contribution in [1.29, 1.82) is 0 Å². The Balaban J connectivity index is 1.80. The highest BCUT2D eigenvalue weighted by Crippen LogP contribution is 2.32. The lowest BCUT2D eigenvalue weighted by molar-refractivity contribution is -0.131. The lowest BCUT2D eigenvalue weighted by Crippen LogP contribution is -1.96. The van der Waals surface area contributed by atoms with Gasteiger partial charge in [0.05, 0.1) is 6.61 Å². The Labute approximate surface area is 107 Å². The highest BCUT2D eigenvalue weighted by Gasteiger charge is 2.20. The van der Waals surface area contributed by atoms with E-state index in [-0.39, 0.29) is 0 Å². The van der Waals surface area contributed by atoms with Crippen molar-refractivity contribution in [3.8, 4) is 0 Å². The Kier molecular flexibility index (Phi) is 4.53. The topological polar surface area (TPSA) is 46.5 Å². The first kappa shape index (κ1) is 12.8. The van der Waals surface area contributed by atoms with Crippen molar-refractivity contribution in [2.45, 2.75) is 25.9 Å². The van der Waals surface area contributed by atoms with Gasteiger partial charge in [0, 0.05) is 12.7 Å². The van der Waals surface area contributed by atoms with Gasteiger partial charge in [-0.05, 0) is 35.6 Å². The molecule has 0 radical (unpaired) electrons. The predicted molar refractivity (Wildman–Crippen MR) is 70.1 cm³/mol. The van der Waals surface area contributed by atoms with Gasteiger partial charge in [-0.25, -0.2) is 4.79 Å². The van der Waals surface area contributed by atoms with Crippen molar-refractivity contribution in [2.75, 3.05) is 6.61 Å². The van der Waals surface area contributed by atoms with Gasteiger partial charge in [0.2, 0.25) is 0 Å². The quantitative estimate of drug-likeness (QED) is 0.594. The molecule has 3 nitrogen and oxygen atoms in total.